The molecule has 0 saturated heterocycles. The Morgan fingerprint density at radius 1 is 1.40 bits per heavy atom. The van der Waals surface area contributed by atoms with E-state index < -0.39 is 0 Å². The lowest BCUT2D eigenvalue weighted by Gasteiger charge is -2.09. The number of hydrogen-bond donors (Lipinski definition) is 1. The Bertz CT molecular complexity index is 334. The van der Waals surface area contributed by atoms with Gasteiger partial charge in [-0.2, -0.15) is 0 Å². The van der Waals surface area contributed by atoms with Crippen LogP contribution in [0.15, 0.2) is 24.3 Å². The Morgan fingerprint density at radius 3 is 2.67 bits per heavy atom. The Hall–Kier alpha value is -1.35. The molecule has 15 heavy (non-hydrogen) atoms. The average Bonchev–Trinajstić information content (AvgIpc) is 2.20. The number of nitrogens with zero attached hydrogens (tertiary/aromatic N) is 1. The molecule has 0 saturated carbocycles. The van der Waals surface area contributed by atoms with Crippen molar-refractivity contribution >= 4 is 5.91 Å². The van der Waals surface area contributed by atoms with Crippen LogP contribution >= 0.6 is 0 Å². The number of carbonyl (C=O) groups is 1. The molecule has 0 unspecified atom stereocenters. The van der Waals surface area contributed by atoms with Crippen molar-refractivity contribution in [2.24, 2.45) is 5.84 Å². The van der Waals surface area contributed by atoms with E-state index in [9.17, 15) is 4.79 Å². The van der Waals surface area contributed by atoms with Crippen molar-refractivity contribution in [2.45, 2.75) is 26.2 Å². The summed E-state index contributed by atoms with van der Waals surface area (Å²) in [4.78, 5) is 11.2. The summed E-state index contributed by atoms with van der Waals surface area (Å²) in [7, 11) is 1.58. The Labute approximate surface area is 90.9 Å². The third kappa shape index (κ3) is 3.72. The highest BCUT2D eigenvalue weighted by Gasteiger charge is 2.04. The molecule has 0 fully saturated rings. The number of amides is 1. The summed E-state index contributed by atoms with van der Waals surface area (Å²) in [5.41, 5.74) is 2.59. The molecule has 1 amide bonds. The summed E-state index contributed by atoms with van der Waals surface area (Å²) in [6.07, 6.45) is 2.30. The van der Waals surface area contributed by atoms with Crippen molar-refractivity contribution < 1.29 is 4.79 Å². The van der Waals surface area contributed by atoms with E-state index in [4.69, 9.17) is 5.84 Å². The minimum absolute atomic E-state index is 0.0106. The monoisotopic (exact) mass is 206 g/mol. The number of hydrazine groups is 1. The van der Waals surface area contributed by atoms with Gasteiger partial charge in [0.2, 0.25) is 5.91 Å². The average molecular weight is 206 g/mol. The summed E-state index contributed by atoms with van der Waals surface area (Å²) < 4.78 is 0. The first-order chi connectivity index (χ1) is 7.11. The van der Waals surface area contributed by atoms with Crippen LogP contribution in [-0.4, -0.2) is 18.0 Å². The smallest absolute Gasteiger partial charge is 0.236 e. The lowest BCUT2D eigenvalue weighted by molar-refractivity contribution is -0.130. The number of rotatable bonds is 4. The third-order valence-corrected chi connectivity index (χ3v) is 2.49. The molecular weight excluding hydrogens is 188 g/mol. The largest absolute Gasteiger partial charge is 0.284 e. The number of hydrogen-bond acceptors (Lipinski definition) is 2. The second kappa shape index (κ2) is 5.51. The first-order valence-electron chi connectivity index (χ1n) is 5.17. The third-order valence-electron chi connectivity index (χ3n) is 2.49. The molecule has 3 nitrogen and oxygen atoms in total. The topological polar surface area (TPSA) is 46.3 Å². The highest BCUT2D eigenvalue weighted by molar-refractivity contribution is 5.75. The fourth-order valence-corrected chi connectivity index (χ4v) is 1.50. The van der Waals surface area contributed by atoms with Crippen molar-refractivity contribution in [3.63, 3.8) is 0 Å². The second-order valence-corrected chi connectivity index (χ2v) is 3.78. The van der Waals surface area contributed by atoms with Crippen LogP contribution < -0.4 is 5.84 Å². The minimum atomic E-state index is -0.0106. The van der Waals surface area contributed by atoms with Crippen LogP contribution in [-0.2, 0) is 11.2 Å². The van der Waals surface area contributed by atoms with Gasteiger partial charge in [-0.3, -0.25) is 9.80 Å². The molecule has 1 aromatic carbocycles. The molecule has 0 spiro atoms. The van der Waals surface area contributed by atoms with Gasteiger partial charge in [0, 0.05) is 13.5 Å². The minimum Gasteiger partial charge on any atom is -0.284 e. The Kier molecular flexibility index (Phi) is 4.31. The van der Waals surface area contributed by atoms with Gasteiger partial charge in [0.1, 0.15) is 0 Å². The van der Waals surface area contributed by atoms with Crippen LogP contribution in [0.5, 0.6) is 0 Å². The van der Waals surface area contributed by atoms with Crippen LogP contribution in [0.4, 0.5) is 0 Å². The highest BCUT2D eigenvalue weighted by Crippen LogP contribution is 2.10. The standard InChI is InChI=1S/C12H18N2O/c1-10-6-3-4-7-11(10)8-5-9-12(15)14(2)13/h3-4,6-7H,5,8-9,13H2,1-2H3. The predicted octanol–water partition coefficient (Wildman–Crippen LogP) is 1.65. The Morgan fingerprint density at radius 2 is 2.07 bits per heavy atom. The van der Waals surface area contributed by atoms with Crippen LogP contribution in [0.2, 0.25) is 0 Å². The molecule has 3 heteroatoms. The summed E-state index contributed by atoms with van der Waals surface area (Å²) in [5.74, 6) is 5.32. The normalized spacial score (nSPS) is 10.1. The van der Waals surface area contributed by atoms with Crippen molar-refractivity contribution in [3.8, 4) is 0 Å². The molecule has 0 aliphatic carbocycles. The molecule has 0 aliphatic rings. The maximum absolute atomic E-state index is 11.2. The second-order valence-electron chi connectivity index (χ2n) is 3.78. The lowest BCUT2D eigenvalue weighted by Crippen LogP contribution is -2.32. The van der Waals surface area contributed by atoms with Crippen molar-refractivity contribution in [3.05, 3.63) is 35.4 Å². The van der Waals surface area contributed by atoms with E-state index in [2.05, 4.69) is 19.1 Å². The van der Waals surface area contributed by atoms with Crippen molar-refractivity contribution in [1.82, 2.24) is 5.01 Å². The molecule has 0 radical (unpaired) electrons. The number of carbonyl (C=O) groups excluding carboxylic acids is 1. The van der Waals surface area contributed by atoms with Gasteiger partial charge in [-0.25, -0.2) is 5.84 Å². The van der Waals surface area contributed by atoms with Gasteiger partial charge in [-0.15, -0.1) is 0 Å². The quantitative estimate of drug-likeness (QED) is 0.462. The van der Waals surface area contributed by atoms with E-state index in [1.165, 1.54) is 11.1 Å². The van der Waals surface area contributed by atoms with E-state index in [0.29, 0.717) is 6.42 Å². The zero-order valence-corrected chi connectivity index (χ0v) is 9.36. The maximum Gasteiger partial charge on any atom is 0.236 e. The van der Waals surface area contributed by atoms with Crippen LogP contribution in [0, 0.1) is 6.92 Å². The van der Waals surface area contributed by atoms with Gasteiger partial charge in [0.05, 0.1) is 0 Å². The summed E-state index contributed by atoms with van der Waals surface area (Å²) >= 11 is 0. The molecule has 1 rings (SSSR count). The van der Waals surface area contributed by atoms with Crippen LogP contribution in [0.1, 0.15) is 24.0 Å². The molecule has 0 heterocycles. The lowest BCUT2D eigenvalue weighted by atomic mass is 10.0. The van der Waals surface area contributed by atoms with Crippen molar-refractivity contribution in [1.29, 1.82) is 0 Å². The van der Waals surface area contributed by atoms with Crippen LogP contribution in [0.3, 0.4) is 0 Å². The van der Waals surface area contributed by atoms with Gasteiger partial charge in [0.25, 0.3) is 0 Å². The van der Waals surface area contributed by atoms with Gasteiger partial charge < -0.3 is 0 Å². The maximum atomic E-state index is 11.2. The molecule has 0 bridgehead atoms. The molecular formula is C12H18N2O. The zero-order chi connectivity index (χ0) is 11.3. The van der Waals surface area contributed by atoms with Gasteiger partial charge in [-0.1, -0.05) is 24.3 Å². The Balaban J connectivity index is 2.38. The summed E-state index contributed by atoms with van der Waals surface area (Å²) in [6.45, 7) is 2.09. The summed E-state index contributed by atoms with van der Waals surface area (Å²) in [6, 6.07) is 8.25. The number of nitrogens with two attached hydrogens (primary N) is 1. The van der Waals surface area contributed by atoms with E-state index in [-0.39, 0.29) is 5.91 Å². The first kappa shape index (κ1) is 11.7. The molecule has 1 aromatic rings. The fourth-order valence-electron chi connectivity index (χ4n) is 1.50. The van der Waals surface area contributed by atoms with Gasteiger partial charge in [0.15, 0.2) is 0 Å². The van der Waals surface area contributed by atoms with Crippen molar-refractivity contribution in [2.75, 3.05) is 7.05 Å². The first-order valence-corrected chi connectivity index (χ1v) is 5.17. The zero-order valence-electron chi connectivity index (χ0n) is 9.36. The molecule has 0 aromatic heterocycles. The molecule has 2 N–H and O–H groups in total. The molecule has 82 valence electrons. The summed E-state index contributed by atoms with van der Waals surface area (Å²) in [5, 5.41) is 1.15. The van der Waals surface area contributed by atoms with E-state index in [0.717, 1.165) is 17.9 Å². The van der Waals surface area contributed by atoms with Gasteiger partial charge in [-0.05, 0) is 30.9 Å². The van der Waals surface area contributed by atoms with E-state index in [1.54, 1.807) is 7.05 Å². The number of benzene rings is 1. The SMILES string of the molecule is Cc1ccccc1CCCC(=O)N(C)N. The van der Waals surface area contributed by atoms with Gasteiger partial charge >= 0.3 is 0 Å². The predicted molar refractivity (Wildman–Crippen MR) is 61.1 cm³/mol. The van der Waals surface area contributed by atoms with E-state index in [1.807, 2.05) is 12.1 Å². The van der Waals surface area contributed by atoms with Crippen LogP contribution in [0.25, 0.3) is 0 Å². The molecule has 0 atom stereocenters. The fraction of sp³-hybridized carbons (Fsp3) is 0.417. The van der Waals surface area contributed by atoms with E-state index >= 15 is 0 Å². The molecule has 0 aliphatic heterocycles. The number of aryl methyl sites for hydroxylation is 2. The highest BCUT2D eigenvalue weighted by atomic mass is 16.2.